The Kier molecular flexibility index (Phi) is 4.40. The zero-order valence-corrected chi connectivity index (χ0v) is 13.0. The summed E-state index contributed by atoms with van der Waals surface area (Å²) in [6.45, 7) is 0.572. The van der Waals surface area contributed by atoms with Gasteiger partial charge < -0.3 is 10.1 Å². The van der Waals surface area contributed by atoms with Crippen LogP contribution in [0.1, 0.15) is 25.1 Å². The van der Waals surface area contributed by atoms with E-state index in [0.717, 1.165) is 31.5 Å². The third-order valence-corrected chi connectivity index (χ3v) is 3.80. The molecule has 3 rings (SSSR count). The molecule has 0 spiro atoms. The second-order valence-corrected chi connectivity index (χ2v) is 5.46. The van der Waals surface area contributed by atoms with E-state index in [9.17, 15) is 9.59 Å². The van der Waals surface area contributed by atoms with Crippen LogP contribution in [-0.4, -0.2) is 32.3 Å². The monoisotopic (exact) mass is 317 g/mol. The van der Waals surface area contributed by atoms with Gasteiger partial charge in [-0.05, 0) is 18.9 Å². The first-order chi connectivity index (χ1) is 11.2. The van der Waals surface area contributed by atoms with E-state index in [0.29, 0.717) is 18.1 Å². The van der Waals surface area contributed by atoms with Crippen molar-refractivity contribution in [2.24, 2.45) is 0 Å². The number of pyridine rings is 1. The topological polar surface area (TPSA) is 91.0 Å². The summed E-state index contributed by atoms with van der Waals surface area (Å²) in [4.78, 5) is 28.4. The van der Waals surface area contributed by atoms with Crippen LogP contribution in [0.2, 0.25) is 0 Å². The lowest BCUT2D eigenvalue weighted by molar-refractivity contribution is -0.117. The van der Waals surface area contributed by atoms with E-state index in [1.807, 2.05) is 0 Å². The van der Waals surface area contributed by atoms with Gasteiger partial charge in [0.25, 0.3) is 0 Å². The van der Waals surface area contributed by atoms with Crippen LogP contribution in [0.25, 0.3) is 0 Å². The van der Waals surface area contributed by atoms with Crippen molar-refractivity contribution in [1.29, 1.82) is 0 Å². The number of nitrogens with one attached hydrogen (secondary N) is 1. The normalized spacial score (nSPS) is 14.0. The van der Waals surface area contributed by atoms with Crippen LogP contribution in [-0.2, 0) is 24.3 Å². The number of aryl methyl sites for hydroxylation is 1. The Bertz CT molecular complexity index is 747. The van der Waals surface area contributed by atoms with Gasteiger partial charge in [-0.15, -0.1) is 0 Å². The molecule has 122 valence electrons. The predicted molar refractivity (Wildman–Crippen MR) is 83.5 cm³/mol. The minimum absolute atomic E-state index is 0.106. The maximum atomic E-state index is 12.3. The van der Waals surface area contributed by atoms with Crippen LogP contribution < -0.4 is 15.7 Å². The number of carbonyl (C=O) groups excluding carboxylic acids is 1. The highest BCUT2D eigenvalue weighted by Crippen LogP contribution is 2.12. The van der Waals surface area contributed by atoms with E-state index >= 15 is 0 Å². The minimum Gasteiger partial charge on any atom is -0.481 e. The molecule has 1 N–H and O–H groups in total. The van der Waals surface area contributed by atoms with Gasteiger partial charge in [0.1, 0.15) is 12.4 Å². The first-order valence-electron chi connectivity index (χ1n) is 7.64. The van der Waals surface area contributed by atoms with Crippen LogP contribution in [0.5, 0.6) is 5.88 Å². The van der Waals surface area contributed by atoms with Crippen molar-refractivity contribution >= 4 is 11.6 Å². The molecule has 0 aromatic carbocycles. The molecule has 23 heavy (non-hydrogen) atoms. The zero-order valence-electron chi connectivity index (χ0n) is 13.0. The molecule has 0 fully saturated rings. The lowest BCUT2D eigenvalue weighted by Crippen LogP contribution is -2.30. The second-order valence-electron chi connectivity index (χ2n) is 5.46. The number of nitrogens with zero attached hydrogens (tertiary/aromatic N) is 4. The van der Waals surface area contributed by atoms with Crippen molar-refractivity contribution in [3.05, 3.63) is 34.6 Å². The fourth-order valence-electron chi connectivity index (χ4n) is 2.64. The van der Waals surface area contributed by atoms with Crippen molar-refractivity contribution < 1.29 is 9.53 Å². The Morgan fingerprint density at radius 2 is 2.22 bits per heavy atom. The molecule has 1 aliphatic heterocycles. The number of anilines is 1. The number of hydrogen-bond donors (Lipinski definition) is 1. The predicted octanol–water partition coefficient (Wildman–Crippen LogP) is 0.813. The number of hydrogen-bond acceptors (Lipinski definition) is 5. The van der Waals surface area contributed by atoms with Gasteiger partial charge in [0.05, 0.1) is 19.0 Å². The van der Waals surface area contributed by atoms with Crippen LogP contribution >= 0.6 is 0 Å². The first-order valence-corrected chi connectivity index (χ1v) is 7.64. The van der Waals surface area contributed by atoms with Gasteiger partial charge in [0, 0.05) is 19.0 Å². The number of rotatable bonds is 4. The largest absolute Gasteiger partial charge is 0.481 e. The van der Waals surface area contributed by atoms with Gasteiger partial charge in [-0.2, -0.15) is 5.10 Å². The van der Waals surface area contributed by atoms with E-state index in [1.54, 1.807) is 16.7 Å². The number of carbonyl (C=O) groups is 1. The number of ether oxygens (including phenoxy) is 1. The fourth-order valence-corrected chi connectivity index (χ4v) is 2.64. The van der Waals surface area contributed by atoms with Crippen LogP contribution in [0.3, 0.4) is 0 Å². The maximum Gasteiger partial charge on any atom is 0.346 e. The summed E-state index contributed by atoms with van der Waals surface area (Å²) in [6.07, 6.45) is 5.39. The highest BCUT2D eigenvalue weighted by Gasteiger charge is 2.17. The lowest BCUT2D eigenvalue weighted by Gasteiger charge is -2.05. The van der Waals surface area contributed by atoms with Gasteiger partial charge in [0.15, 0.2) is 0 Å². The highest BCUT2D eigenvalue weighted by atomic mass is 16.5. The number of amides is 1. The molecule has 2 aromatic heterocycles. The third-order valence-electron chi connectivity index (χ3n) is 3.80. The molecule has 8 heteroatoms. The Morgan fingerprint density at radius 3 is 2.96 bits per heavy atom. The van der Waals surface area contributed by atoms with Gasteiger partial charge in [-0.3, -0.25) is 9.36 Å². The Balaban J connectivity index is 1.69. The quantitative estimate of drug-likeness (QED) is 0.901. The Morgan fingerprint density at radius 1 is 1.35 bits per heavy atom. The van der Waals surface area contributed by atoms with Crippen molar-refractivity contribution in [1.82, 2.24) is 19.3 Å². The molecular weight excluding hydrogens is 298 g/mol. The van der Waals surface area contributed by atoms with E-state index in [-0.39, 0.29) is 18.1 Å². The molecule has 1 amide bonds. The smallest absolute Gasteiger partial charge is 0.346 e. The van der Waals surface area contributed by atoms with Crippen molar-refractivity contribution in [2.75, 3.05) is 12.4 Å². The molecule has 8 nitrogen and oxygen atoms in total. The summed E-state index contributed by atoms with van der Waals surface area (Å²) in [6, 6.07) is 3.34. The molecule has 2 aromatic rings. The molecule has 0 aliphatic carbocycles. The Labute approximate surface area is 133 Å². The Hall–Kier alpha value is -2.64. The van der Waals surface area contributed by atoms with Crippen molar-refractivity contribution in [3.8, 4) is 5.88 Å². The average Bonchev–Trinajstić information content (AvgIpc) is 2.73. The second kappa shape index (κ2) is 6.64. The number of methoxy groups -OCH3 is 1. The number of fused-ring (bicyclic) bond motifs is 1. The van der Waals surface area contributed by atoms with Crippen molar-refractivity contribution in [2.45, 2.75) is 38.8 Å². The summed E-state index contributed by atoms with van der Waals surface area (Å²) in [7, 11) is 1.52. The van der Waals surface area contributed by atoms with Crippen molar-refractivity contribution in [3.63, 3.8) is 0 Å². The SMILES string of the molecule is COc1ccc(NC(=O)Cn2nc3n(c2=O)CCCCC3)cn1. The summed E-state index contributed by atoms with van der Waals surface area (Å²) < 4.78 is 7.87. The molecular formula is C15H19N5O3. The summed E-state index contributed by atoms with van der Waals surface area (Å²) in [5, 5.41) is 6.99. The number of aromatic nitrogens is 4. The van der Waals surface area contributed by atoms with Gasteiger partial charge in [-0.1, -0.05) is 6.42 Å². The summed E-state index contributed by atoms with van der Waals surface area (Å²) in [5.41, 5.74) is 0.328. The minimum atomic E-state index is -0.313. The van der Waals surface area contributed by atoms with Gasteiger partial charge >= 0.3 is 5.69 Å². The van der Waals surface area contributed by atoms with Crippen LogP contribution in [0.15, 0.2) is 23.1 Å². The van der Waals surface area contributed by atoms with E-state index in [4.69, 9.17) is 4.74 Å². The average molecular weight is 317 g/mol. The van der Waals surface area contributed by atoms with Crippen LogP contribution in [0, 0.1) is 0 Å². The van der Waals surface area contributed by atoms with E-state index in [2.05, 4.69) is 15.4 Å². The van der Waals surface area contributed by atoms with E-state index < -0.39 is 0 Å². The molecule has 0 saturated heterocycles. The third kappa shape index (κ3) is 3.41. The molecule has 0 bridgehead atoms. The molecule has 0 radical (unpaired) electrons. The molecule has 0 unspecified atom stereocenters. The van der Waals surface area contributed by atoms with Gasteiger partial charge in [-0.25, -0.2) is 14.5 Å². The highest BCUT2D eigenvalue weighted by molar-refractivity contribution is 5.90. The molecule has 0 saturated carbocycles. The molecule has 3 heterocycles. The molecule has 1 aliphatic rings. The first kappa shape index (κ1) is 15.3. The lowest BCUT2D eigenvalue weighted by atomic mass is 10.2. The van der Waals surface area contributed by atoms with E-state index in [1.165, 1.54) is 18.0 Å². The summed E-state index contributed by atoms with van der Waals surface area (Å²) in [5.74, 6) is 0.927. The standard InChI is InChI=1S/C15H19N5O3/c1-23-14-7-6-11(9-16-14)17-13(21)10-20-15(22)19-8-4-2-3-5-12(19)18-20/h6-7,9H,2-5,8,10H2,1H3,(H,17,21). The summed E-state index contributed by atoms with van der Waals surface area (Å²) >= 11 is 0. The van der Waals surface area contributed by atoms with Gasteiger partial charge in [0.2, 0.25) is 11.8 Å². The fraction of sp³-hybridized carbons (Fsp3) is 0.467. The van der Waals surface area contributed by atoms with Crippen LogP contribution in [0.4, 0.5) is 5.69 Å². The molecule has 0 atom stereocenters. The zero-order chi connectivity index (χ0) is 16.2. The maximum absolute atomic E-state index is 12.3.